The number of benzene rings is 1. The predicted octanol–water partition coefficient (Wildman–Crippen LogP) is 1.78. The number of nitrogens with zero attached hydrogens (tertiary/aromatic N) is 3. The van der Waals surface area contributed by atoms with E-state index in [0.717, 1.165) is 44.3 Å². The molecule has 126 valence electrons. The molecule has 0 unspecified atom stereocenters. The highest BCUT2D eigenvalue weighted by atomic mass is 16.4. The molecule has 0 saturated carbocycles. The standard InChI is InChI=1S/C17H26N4O2/c18-15-1-3-16(4-2-15)20-7-5-14(6-8-20)13-19-9-11-21(12-10-19)17(22)23/h1-4,14H,5-13,18H2,(H,22,23). The Morgan fingerprint density at radius 1 is 1.04 bits per heavy atom. The minimum Gasteiger partial charge on any atom is -0.465 e. The molecule has 1 aromatic rings. The predicted molar refractivity (Wildman–Crippen MR) is 91.8 cm³/mol. The molecule has 6 heteroatoms. The van der Waals surface area contributed by atoms with Crippen LogP contribution in [0.15, 0.2) is 24.3 Å². The van der Waals surface area contributed by atoms with Crippen LogP contribution in [0.2, 0.25) is 0 Å². The minimum absolute atomic E-state index is 0.639. The van der Waals surface area contributed by atoms with Gasteiger partial charge in [-0.05, 0) is 43.0 Å². The number of nitrogen functional groups attached to an aromatic ring is 1. The minimum atomic E-state index is -0.790. The highest BCUT2D eigenvalue weighted by Gasteiger charge is 2.25. The fourth-order valence-electron chi connectivity index (χ4n) is 3.55. The topological polar surface area (TPSA) is 73.0 Å². The second-order valence-corrected chi connectivity index (χ2v) is 6.59. The third kappa shape index (κ3) is 4.07. The highest BCUT2D eigenvalue weighted by molar-refractivity contribution is 5.65. The lowest BCUT2D eigenvalue weighted by atomic mass is 9.95. The van der Waals surface area contributed by atoms with Crippen LogP contribution < -0.4 is 10.6 Å². The summed E-state index contributed by atoms with van der Waals surface area (Å²) in [4.78, 5) is 17.3. The van der Waals surface area contributed by atoms with Crippen LogP contribution in [0.1, 0.15) is 12.8 Å². The third-order valence-electron chi connectivity index (χ3n) is 5.03. The van der Waals surface area contributed by atoms with Gasteiger partial charge in [0.05, 0.1) is 0 Å². The van der Waals surface area contributed by atoms with Crippen molar-refractivity contribution in [2.45, 2.75) is 12.8 Å². The Morgan fingerprint density at radius 3 is 2.22 bits per heavy atom. The first-order valence-corrected chi connectivity index (χ1v) is 8.42. The number of hydrogen-bond donors (Lipinski definition) is 2. The fraction of sp³-hybridized carbons (Fsp3) is 0.588. The Bertz CT molecular complexity index is 518. The van der Waals surface area contributed by atoms with Gasteiger partial charge in [0, 0.05) is 57.2 Å². The summed E-state index contributed by atoms with van der Waals surface area (Å²) in [5.41, 5.74) is 7.81. The highest BCUT2D eigenvalue weighted by Crippen LogP contribution is 2.24. The number of amides is 1. The molecular weight excluding hydrogens is 292 g/mol. The second-order valence-electron chi connectivity index (χ2n) is 6.59. The number of hydrogen-bond acceptors (Lipinski definition) is 4. The maximum absolute atomic E-state index is 10.9. The lowest BCUT2D eigenvalue weighted by Crippen LogP contribution is -2.50. The van der Waals surface area contributed by atoms with Crippen molar-refractivity contribution in [1.29, 1.82) is 0 Å². The van der Waals surface area contributed by atoms with Crippen LogP contribution >= 0.6 is 0 Å². The molecule has 1 aromatic carbocycles. The van der Waals surface area contributed by atoms with Crippen LogP contribution in [0.3, 0.4) is 0 Å². The molecule has 2 aliphatic rings. The van der Waals surface area contributed by atoms with E-state index >= 15 is 0 Å². The number of rotatable bonds is 3. The summed E-state index contributed by atoms with van der Waals surface area (Å²) >= 11 is 0. The average molecular weight is 318 g/mol. The number of piperazine rings is 1. The van der Waals surface area contributed by atoms with Gasteiger partial charge in [-0.2, -0.15) is 0 Å². The first-order chi connectivity index (χ1) is 11.1. The molecule has 3 N–H and O–H groups in total. The van der Waals surface area contributed by atoms with E-state index in [2.05, 4.69) is 21.9 Å². The SMILES string of the molecule is Nc1ccc(N2CCC(CN3CCN(C(=O)O)CC3)CC2)cc1. The van der Waals surface area contributed by atoms with E-state index in [9.17, 15) is 4.79 Å². The third-order valence-corrected chi connectivity index (χ3v) is 5.03. The Hall–Kier alpha value is -1.95. The Kier molecular flexibility index (Phi) is 4.91. The van der Waals surface area contributed by atoms with Gasteiger partial charge in [-0.15, -0.1) is 0 Å². The summed E-state index contributed by atoms with van der Waals surface area (Å²) in [5, 5.41) is 8.99. The van der Waals surface area contributed by atoms with Gasteiger partial charge >= 0.3 is 6.09 Å². The summed E-state index contributed by atoms with van der Waals surface area (Å²) in [6.07, 6.45) is 1.61. The van der Waals surface area contributed by atoms with Crippen LogP contribution in [0.4, 0.5) is 16.2 Å². The summed E-state index contributed by atoms with van der Waals surface area (Å²) in [6, 6.07) is 8.12. The number of piperidine rings is 1. The molecule has 2 saturated heterocycles. The van der Waals surface area contributed by atoms with E-state index in [-0.39, 0.29) is 0 Å². The van der Waals surface area contributed by atoms with Crippen molar-refractivity contribution < 1.29 is 9.90 Å². The van der Waals surface area contributed by atoms with E-state index < -0.39 is 6.09 Å². The summed E-state index contributed by atoms with van der Waals surface area (Å²) in [7, 11) is 0. The molecule has 2 heterocycles. The van der Waals surface area contributed by atoms with Crippen LogP contribution in [-0.4, -0.2) is 66.8 Å². The van der Waals surface area contributed by atoms with Crippen molar-refractivity contribution in [3.05, 3.63) is 24.3 Å². The smallest absolute Gasteiger partial charge is 0.407 e. The lowest BCUT2D eigenvalue weighted by Gasteiger charge is -2.38. The Morgan fingerprint density at radius 2 is 1.65 bits per heavy atom. The van der Waals surface area contributed by atoms with Gasteiger partial charge in [0.1, 0.15) is 0 Å². The molecule has 0 aliphatic carbocycles. The van der Waals surface area contributed by atoms with Crippen LogP contribution in [0.5, 0.6) is 0 Å². The molecule has 2 aliphatic heterocycles. The number of nitrogens with two attached hydrogens (primary N) is 1. The normalized spacial score (nSPS) is 20.7. The molecule has 0 spiro atoms. The summed E-state index contributed by atoms with van der Waals surface area (Å²) in [6.45, 7) is 6.28. The molecule has 23 heavy (non-hydrogen) atoms. The fourth-order valence-corrected chi connectivity index (χ4v) is 3.55. The second kappa shape index (κ2) is 7.08. The lowest BCUT2D eigenvalue weighted by molar-refractivity contribution is 0.0957. The Balaban J connectivity index is 1.43. The molecule has 0 atom stereocenters. The molecule has 0 bridgehead atoms. The van der Waals surface area contributed by atoms with E-state index in [1.54, 1.807) is 0 Å². The molecule has 2 fully saturated rings. The van der Waals surface area contributed by atoms with Crippen molar-refractivity contribution in [2.75, 3.05) is 56.4 Å². The van der Waals surface area contributed by atoms with Crippen molar-refractivity contribution in [1.82, 2.24) is 9.80 Å². The van der Waals surface area contributed by atoms with Crippen LogP contribution in [0.25, 0.3) is 0 Å². The van der Waals surface area contributed by atoms with Crippen LogP contribution in [0, 0.1) is 5.92 Å². The van der Waals surface area contributed by atoms with E-state index in [1.165, 1.54) is 23.4 Å². The van der Waals surface area contributed by atoms with Crippen molar-refractivity contribution in [3.8, 4) is 0 Å². The van der Waals surface area contributed by atoms with Crippen molar-refractivity contribution in [3.63, 3.8) is 0 Å². The van der Waals surface area contributed by atoms with E-state index in [0.29, 0.717) is 13.1 Å². The van der Waals surface area contributed by atoms with Gasteiger partial charge in [0.2, 0.25) is 0 Å². The van der Waals surface area contributed by atoms with Crippen molar-refractivity contribution >= 4 is 17.5 Å². The van der Waals surface area contributed by atoms with Gasteiger partial charge in [0.15, 0.2) is 0 Å². The molecular formula is C17H26N4O2. The number of anilines is 2. The molecule has 0 aromatic heterocycles. The van der Waals surface area contributed by atoms with Crippen molar-refractivity contribution in [2.24, 2.45) is 5.92 Å². The molecule has 3 rings (SSSR count). The van der Waals surface area contributed by atoms with Crippen LogP contribution in [-0.2, 0) is 0 Å². The molecule has 0 radical (unpaired) electrons. The zero-order valence-electron chi connectivity index (χ0n) is 13.5. The van der Waals surface area contributed by atoms with Gasteiger partial charge in [-0.25, -0.2) is 4.79 Å². The molecule has 1 amide bonds. The average Bonchev–Trinajstić information content (AvgIpc) is 2.57. The maximum atomic E-state index is 10.9. The quantitative estimate of drug-likeness (QED) is 0.831. The summed E-state index contributed by atoms with van der Waals surface area (Å²) in [5.74, 6) is 0.719. The van der Waals surface area contributed by atoms with Gasteiger partial charge in [-0.1, -0.05) is 0 Å². The first kappa shape index (κ1) is 15.9. The number of carbonyl (C=O) groups is 1. The van der Waals surface area contributed by atoms with E-state index in [4.69, 9.17) is 10.8 Å². The molecule has 6 nitrogen and oxygen atoms in total. The zero-order valence-corrected chi connectivity index (χ0v) is 13.5. The van der Waals surface area contributed by atoms with Gasteiger partial charge < -0.3 is 20.6 Å². The number of carboxylic acid groups (broad SMARTS) is 1. The largest absolute Gasteiger partial charge is 0.465 e. The first-order valence-electron chi connectivity index (χ1n) is 8.42. The summed E-state index contributed by atoms with van der Waals surface area (Å²) < 4.78 is 0. The Labute approximate surface area is 137 Å². The van der Waals surface area contributed by atoms with Gasteiger partial charge in [-0.3, -0.25) is 4.90 Å². The zero-order chi connectivity index (χ0) is 16.2. The van der Waals surface area contributed by atoms with E-state index in [1.807, 2.05) is 12.1 Å². The monoisotopic (exact) mass is 318 g/mol. The maximum Gasteiger partial charge on any atom is 0.407 e. The van der Waals surface area contributed by atoms with Gasteiger partial charge in [0.25, 0.3) is 0 Å².